The molecular weight excluding hydrogens is 252 g/mol. The molecule has 0 nitrogen and oxygen atoms in total. The molecule has 0 spiro atoms. The van der Waals surface area contributed by atoms with Gasteiger partial charge in [0.25, 0.3) is 0 Å². The Labute approximate surface area is 131 Å². The maximum atomic E-state index is 2.44. The molecule has 2 aliphatic rings. The first-order chi connectivity index (χ1) is 10.1. The van der Waals surface area contributed by atoms with Crippen LogP contribution in [-0.4, -0.2) is 0 Å². The molecule has 2 saturated carbocycles. The highest BCUT2D eigenvalue weighted by Gasteiger charge is 2.30. The van der Waals surface area contributed by atoms with Crippen LogP contribution in [0.25, 0.3) is 0 Å². The molecule has 0 amide bonds. The Hall–Kier alpha value is -0.780. The smallest absolute Gasteiger partial charge is 0.0159 e. The van der Waals surface area contributed by atoms with Gasteiger partial charge in [0.05, 0.1) is 0 Å². The SMILES string of the molecule is Cc1cccc(C2CCC(C3CCC(C)CC3)CC2)c1C. The van der Waals surface area contributed by atoms with Crippen LogP contribution in [0.4, 0.5) is 0 Å². The van der Waals surface area contributed by atoms with E-state index in [2.05, 4.69) is 39.0 Å². The zero-order valence-corrected chi connectivity index (χ0v) is 14.2. The summed E-state index contributed by atoms with van der Waals surface area (Å²) in [6, 6.07) is 6.90. The van der Waals surface area contributed by atoms with E-state index >= 15 is 0 Å². The molecule has 0 aromatic heterocycles. The number of hydrogen-bond donors (Lipinski definition) is 0. The molecule has 1 aromatic carbocycles. The Morgan fingerprint density at radius 2 is 1.33 bits per heavy atom. The minimum Gasteiger partial charge on any atom is -0.0625 e. The summed E-state index contributed by atoms with van der Waals surface area (Å²) in [7, 11) is 0. The van der Waals surface area contributed by atoms with Crippen molar-refractivity contribution in [3.63, 3.8) is 0 Å². The third kappa shape index (κ3) is 3.35. The third-order valence-electron chi connectivity index (χ3n) is 6.59. The molecule has 0 unspecified atom stereocenters. The molecule has 0 bridgehead atoms. The van der Waals surface area contributed by atoms with Crippen LogP contribution in [0.1, 0.15) is 80.9 Å². The standard InChI is InChI=1S/C21H32/c1-15-7-9-18(10-8-15)19-11-13-20(14-12-19)21-6-4-5-16(2)17(21)3/h4-6,15,18-20H,7-14H2,1-3H3. The van der Waals surface area contributed by atoms with Gasteiger partial charge in [-0.05, 0) is 92.7 Å². The van der Waals surface area contributed by atoms with Crippen molar-refractivity contribution in [2.45, 2.75) is 78.1 Å². The molecule has 0 atom stereocenters. The first-order valence-electron chi connectivity index (χ1n) is 9.21. The number of hydrogen-bond acceptors (Lipinski definition) is 0. The molecule has 0 heterocycles. The molecule has 3 rings (SSSR count). The number of aryl methyl sites for hydroxylation is 1. The van der Waals surface area contributed by atoms with Gasteiger partial charge in [-0.25, -0.2) is 0 Å². The maximum Gasteiger partial charge on any atom is -0.0159 e. The minimum atomic E-state index is 0.837. The van der Waals surface area contributed by atoms with E-state index in [1.54, 1.807) is 11.1 Å². The summed E-state index contributed by atoms with van der Waals surface area (Å²) >= 11 is 0. The summed E-state index contributed by atoms with van der Waals surface area (Å²) in [5.41, 5.74) is 4.66. The van der Waals surface area contributed by atoms with Gasteiger partial charge in [-0.15, -0.1) is 0 Å². The highest BCUT2D eigenvalue weighted by atomic mass is 14.4. The number of benzene rings is 1. The molecule has 1 aromatic rings. The van der Waals surface area contributed by atoms with Crippen LogP contribution in [0, 0.1) is 31.6 Å². The highest BCUT2D eigenvalue weighted by molar-refractivity contribution is 5.35. The second-order valence-electron chi connectivity index (χ2n) is 7.92. The fourth-order valence-corrected chi connectivity index (χ4v) is 4.87. The van der Waals surface area contributed by atoms with Gasteiger partial charge >= 0.3 is 0 Å². The van der Waals surface area contributed by atoms with Crippen LogP contribution >= 0.6 is 0 Å². The Balaban J connectivity index is 1.59. The Kier molecular flexibility index (Phi) is 4.72. The lowest BCUT2D eigenvalue weighted by Gasteiger charge is -2.37. The van der Waals surface area contributed by atoms with Crippen molar-refractivity contribution in [2.75, 3.05) is 0 Å². The third-order valence-corrected chi connectivity index (χ3v) is 6.59. The molecule has 0 radical (unpaired) electrons. The Bertz CT molecular complexity index is 457. The van der Waals surface area contributed by atoms with Gasteiger partial charge in [0.2, 0.25) is 0 Å². The monoisotopic (exact) mass is 284 g/mol. The van der Waals surface area contributed by atoms with E-state index in [1.165, 1.54) is 56.9 Å². The molecule has 21 heavy (non-hydrogen) atoms. The minimum absolute atomic E-state index is 0.837. The van der Waals surface area contributed by atoms with Gasteiger partial charge in [0, 0.05) is 0 Å². The summed E-state index contributed by atoms with van der Waals surface area (Å²) in [5.74, 6) is 3.93. The van der Waals surface area contributed by atoms with Crippen LogP contribution < -0.4 is 0 Å². The van der Waals surface area contributed by atoms with Crippen LogP contribution in [-0.2, 0) is 0 Å². The van der Waals surface area contributed by atoms with Crippen molar-refractivity contribution >= 4 is 0 Å². The fraction of sp³-hybridized carbons (Fsp3) is 0.714. The van der Waals surface area contributed by atoms with E-state index in [1.807, 2.05) is 0 Å². The van der Waals surface area contributed by atoms with Crippen molar-refractivity contribution in [1.29, 1.82) is 0 Å². The summed E-state index contributed by atoms with van der Waals surface area (Å²) in [4.78, 5) is 0. The molecule has 0 aliphatic heterocycles. The lowest BCUT2D eigenvalue weighted by Crippen LogP contribution is -2.25. The van der Waals surface area contributed by atoms with E-state index in [-0.39, 0.29) is 0 Å². The van der Waals surface area contributed by atoms with Crippen molar-refractivity contribution < 1.29 is 0 Å². The van der Waals surface area contributed by atoms with Crippen molar-refractivity contribution in [3.05, 3.63) is 34.9 Å². The van der Waals surface area contributed by atoms with Gasteiger partial charge in [-0.3, -0.25) is 0 Å². The first kappa shape index (κ1) is 15.1. The lowest BCUT2D eigenvalue weighted by atomic mass is 9.68. The van der Waals surface area contributed by atoms with Crippen molar-refractivity contribution in [1.82, 2.24) is 0 Å². The summed E-state index contributed by atoms with van der Waals surface area (Å²) in [6.07, 6.45) is 11.8. The van der Waals surface area contributed by atoms with E-state index in [9.17, 15) is 0 Å². The Morgan fingerprint density at radius 3 is 1.95 bits per heavy atom. The average Bonchev–Trinajstić information content (AvgIpc) is 2.51. The van der Waals surface area contributed by atoms with Gasteiger partial charge in [0.15, 0.2) is 0 Å². The summed E-state index contributed by atoms with van der Waals surface area (Å²) in [6.45, 7) is 7.01. The topological polar surface area (TPSA) is 0 Å². The maximum absolute atomic E-state index is 2.44. The van der Waals surface area contributed by atoms with Crippen LogP contribution in [0.3, 0.4) is 0 Å². The molecule has 0 heteroatoms. The van der Waals surface area contributed by atoms with E-state index < -0.39 is 0 Å². The van der Waals surface area contributed by atoms with Crippen molar-refractivity contribution in [3.8, 4) is 0 Å². The van der Waals surface area contributed by atoms with E-state index in [0.717, 1.165) is 23.7 Å². The fourth-order valence-electron chi connectivity index (χ4n) is 4.87. The van der Waals surface area contributed by atoms with Crippen molar-refractivity contribution in [2.24, 2.45) is 17.8 Å². The van der Waals surface area contributed by atoms with Gasteiger partial charge in [-0.2, -0.15) is 0 Å². The Morgan fingerprint density at radius 1 is 0.762 bits per heavy atom. The molecule has 116 valence electrons. The normalized spacial score (nSPS) is 33.9. The molecule has 0 saturated heterocycles. The van der Waals surface area contributed by atoms with Crippen LogP contribution in [0.2, 0.25) is 0 Å². The summed E-state index contributed by atoms with van der Waals surface area (Å²) in [5, 5.41) is 0. The zero-order chi connectivity index (χ0) is 14.8. The predicted molar refractivity (Wildman–Crippen MR) is 91.7 cm³/mol. The van der Waals surface area contributed by atoms with E-state index in [4.69, 9.17) is 0 Å². The molecule has 0 N–H and O–H groups in total. The predicted octanol–water partition coefficient (Wildman–Crippen LogP) is 6.40. The van der Waals surface area contributed by atoms with Gasteiger partial charge in [-0.1, -0.05) is 38.0 Å². The van der Waals surface area contributed by atoms with Gasteiger partial charge in [0.1, 0.15) is 0 Å². The zero-order valence-electron chi connectivity index (χ0n) is 14.2. The molecular formula is C21H32. The average molecular weight is 284 g/mol. The van der Waals surface area contributed by atoms with Gasteiger partial charge < -0.3 is 0 Å². The first-order valence-corrected chi connectivity index (χ1v) is 9.21. The second-order valence-corrected chi connectivity index (χ2v) is 7.92. The second kappa shape index (κ2) is 6.55. The van der Waals surface area contributed by atoms with E-state index in [0.29, 0.717) is 0 Å². The van der Waals surface area contributed by atoms with Crippen LogP contribution in [0.5, 0.6) is 0 Å². The summed E-state index contributed by atoms with van der Waals surface area (Å²) < 4.78 is 0. The quantitative estimate of drug-likeness (QED) is 0.589. The molecule has 2 fully saturated rings. The lowest BCUT2D eigenvalue weighted by molar-refractivity contribution is 0.165. The van der Waals surface area contributed by atoms with Crippen LogP contribution in [0.15, 0.2) is 18.2 Å². The molecule has 2 aliphatic carbocycles. The highest BCUT2D eigenvalue weighted by Crippen LogP contribution is 2.44. The largest absolute Gasteiger partial charge is 0.0625 e. The number of rotatable bonds is 2.